The molecule has 2 aromatic rings. The third-order valence-electron chi connectivity index (χ3n) is 3.22. The van der Waals surface area contributed by atoms with E-state index in [1.807, 2.05) is 0 Å². The minimum Gasteiger partial charge on any atom is -0.435 e. The molecule has 26 heavy (non-hydrogen) atoms. The molecular formula is C16H13Cl3N2O4S. The number of nitro groups is 1. The van der Waals surface area contributed by atoms with Crippen LogP contribution in [0.3, 0.4) is 0 Å². The minimum atomic E-state index is -1.87. The number of hydrogen-bond acceptors (Lipinski definition) is 4. The number of benzene rings is 2. The highest BCUT2D eigenvalue weighted by atomic mass is 35.6. The van der Waals surface area contributed by atoms with Gasteiger partial charge in [0.1, 0.15) is 0 Å². The summed E-state index contributed by atoms with van der Waals surface area (Å²) in [6.07, 6.45) is -0.344. The molecule has 0 spiro atoms. The number of halogens is 3. The molecule has 0 aliphatic rings. The van der Waals surface area contributed by atoms with Crippen molar-refractivity contribution in [2.45, 2.75) is 14.8 Å². The first kappa shape index (κ1) is 20.6. The third kappa shape index (κ3) is 5.67. The van der Waals surface area contributed by atoms with Crippen LogP contribution < -0.4 is 0 Å². The van der Waals surface area contributed by atoms with Gasteiger partial charge in [-0.05, 0) is 24.0 Å². The fourth-order valence-corrected chi connectivity index (χ4v) is 3.42. The van der Waals surface area contributed by atoms with Gasteiger partial charge in [0.05, 0.1) is 4.92 Å². The molecule has 0 aliphatic heterocycles. The van der Waals surface area contributed by atoms with Crippen LogP contribution in [-0.4, -0.2) is 21.1 Å². The Balaban J connectivity index is 2.18. The van der Waals surface area contributed by atoms with Crippen molar-refractivity contribution in [3.05, 3.63) is 70.3 Å². The van der Waals surface area contributed by atoms with Crippen molar-refractivity contribution in [3.63, 3.8) is 0 Å². The van der Waals surface area contributed by atoms with E-state index in [0.717, 1.165) is 0 Å². The molecule has 0 saturated carbocycles. The van der Waals surface area contributed by atoms with Crippen molar-refractivity contribution in [2.75, 3.05) is 6.26 Å². The predicted molar refractivity (Wildman–Crippen MR) is 103 cm³/mol. The molecule has 0 heterocycles. The zero-order valence-electron chi connectivity index (χ0n) is 13.3. The van der Waals surface area contributed by atoms with Gasteiger partial charge < -0.3 is 4.74 Å². The Hall–Kier alpha value is -1.67. The summed E-state index contributed by atoms with van der Waals surface area (Å²) in [7, 11) is -0.886. The molecule has 138 valence electrons. The molecule has 0 fully saturated rings. The normalized spacial score (nSPS) is 13.8. The number of amides is 1. The molecular weight excluding hydrogens is 423 g/mol. The SMILES string of the molecule is C/S(=N\C(=O)O[C@@H](c1ccccc1)C(Cl)(Cl)Cl)c1ccc([N+](=O)[O-])cc1. The number of ether oxygens (including phenoxy) is 1. The topological polar surface area (TPSA) is 81.8 Å². The van der Waals surface area contributed by atoms with Crippen LogP contribution >= 0.6 is 34.8 Å². The van der Waals surface area contributed by atoms with E-state index >= 15 is 0 Å². The third-order valence-corrected chi connectivity index (χ3v) is 5.19. The van der Waals surface area contributed by atoms with Crippen LogP contribution in [0.2, 0.25) is 0 Å². The first-order valence-electron chi connectivity index (χ1n) is 7.13. The molecule has 0 bridgehead atoms. The highest BCUT2D eigenvalue weighted by Gasteiger charge is 2.37. The summed E-state index contributed by atoms with van der Waals surface area (Å²) in [6.45, 7) is 0. The Labute approximate surface area is 167 Å². The molecule has 1 amide bonds. The van der Waals surface area contributed by atoms with Gasteiger partial charge in [0.25, 0.3) is 5.69 Å². The summed E-state index contributed by atoms with van der Waals surface area (Å²) in [4.78, 5) is 23.0. The lowest BCUT2D eigenvalue weighted by atomic mass is 10.1. The number of hydrogen-bond donors (Lipinski definition) is 0. The van der Waals surface area contributed by atoms with Gasteiger partial charge in [0.15, 0.2) is 6.10 Å². The summed E-state index contributed by atoms with van der Waals surface area (Å²) in [5.41, 5.74) is 0.469. The predicted octanol–water partition coefficient (Wildman–Crippen LogP) is 5.63. The Morgan fingerprint density at radius 3 is 2.23 bits per heavy atom. The molecule has 0 N–H and O–H groups in total. The van der Waals surface area contributed by atoms with Crippen molar-refractivity contribution in [2.24, 2.45) is 4.36 Å². The summed E-state index contributed by atoms with van der Waals surface area (Å²) in [5.74, 6) is 0. The quantitative estimate of drug-likeness (QED) is 0.354. The van der Waals surface area contributed by atoms with Gasteiger partial charge in [0.2, 0.25) is 3.79 Å². The first-order valence-corrected chi connectivity index (χ1v) is 9.85. The maximum atomic E-state index is 12.2. The molecule has 2 aromatic carbocycles. The second-order valence-electron chi connectivity index (χ2n) is 5.04. The van der Waals surface area contributed by atoms with Crippen molar-refractivity contribution < 1.29 is 14.5 Å². The Kier molecular flexibility index (Phi) is 7.00. The highest BCUT2D eigenvalue weighted by Crippen LogP contribution is 2.42. The van der Waals surface area contributed by atoms with E-state index in [4.69, 9.17) is 39.5 Å². The van der Waals surface area contributed by atoms with Crippen LogP contribution in [0.1, 0.15) is 11.7 Å². The second kappa shape index (κ2) is 8.81. The molecule has 0 saturated heterocycles. The summed E-state index contributed by atoms with van der Waals surface area (Å²) >= 11 is 17.8. The maximum Gasteiger partial charge on any atom is 0.440 e. The van der Waals surface area contributed by atoms with Crippen LogP contribution in [0.5, 0.6) is 0 Å². The smallest absolute Gasteiger partial charge is 0.435 e. The number of nitrogens with zero attached hydrogens (tertiary/aromatic N) is 2. The summed E-state index contributed by atoms with van der Waals surface area (Å²) < 4.78 is 7.30. The summed E-state index contributed by atoms with van der Waals surface area (Å²) in [5, 5.41) is 10.7. The molecule has 0 radical (unpaired) electrons. The lowest BCUT2D eigenvalue weighted by molar-refractivity contribution is -0.384. The minimum absolute atomic E-state index is 0.0475. The Morgan fingerprint density at radius 1 is 1.15 bits per heavy atom. The molecule has 0 aliphatic carbocycles. The van der Waals surface area contributed by atoms with Gasteiger partial charge in [-0.3, -0.25) is 10.1 Å². The molecule has 2 atom stereocenters. The Bertz CT molecular complexity index is 824. The zero-order chi connectivity index (χ0) is 19.3. The number of nitro benzene ring substituents is 1. The van der Waals surface area contributed by atoms with Crippen LogP contribution in [0.4, 0.5) is 10.5 Å². The van der Waals surface area contributed by atoms with E-state index in [2.05, 4.69) is 4.36 Å². The lowest BCUT2D eigenvalue weighted by Gasteiger charge is -2.23. The lowest BCUT2D eigenvalue weighted by Crippen LogP contribution is -2.22. The average Bonchev–Trinajstić information content (AvgIpc) is 2.59. The highest BCUT2D eigenvalue weighted by molar-refractivity contribution is 7.86. The van der Waals surface area contributed by atoms with E-state index in [0.29, 0.717) is 10.5 Å². The molecule has 10 heteroatoms. The van der Waals surface area contributed by atoms with E-state index in [-0.39, 0.29) is 5.69 Å². The Morgan fingerprint density at radius 2 is 1.73 bits per heavy atom. The van der Waals surface area contributed by atoms with E-state index in [1.165, 1.54) is 24.3 Å². The van der Waals surface area contributed by atoms with Crippen molar-refractivity contribution in [1.82, 2.24) is 0 Å². The zero-order valence-corrected chi connectivity index (χ0v) is 16.4. The van der Waals surface area contributed by atoms with Crippen LogP contribution in [0.25, 0.3) is 0 Å². The van der Waals surface area contributed by atoms with Crippen LogP contribution in [0.15, 0.2) is 63.9 Å². The van der Waals surface area contributed by atoms with Gasteiger partial charge in [-0.2, -0.15) is 0 Å². The van der Waals surface area contributed by atoms with E-state index in [1.54, 1.807) is 36.6 Å². The molecule has 2 rings (SSSR count). The summed E-state index contributed by atoms with van der Waals surface area (Å²) in [6, 6.07) is 14.3. The second-order valence-corrected chi connectivity index (χ2v) is 9.02. The maximum absolute atomic E-state index is 12.2. The van der Waals surface area contributed by atoms with Crippen LogP contribution in [-0.2, 0) is 15.4 Å². The van der Waals surface area contributed by atoms with Crippen molar-refractivity contribution >= 4 is 57.3 Å². The number of carbonyl (C=O) groups is 1. The van der Waals surface area contributed by atoms with E-state index < -0.39 is 31.6 Å². The monoisotopic (exact) mass is 434 g/mol. The van der Waals surface area contributed by atoms with Gasteiger partial charge in [-0.1, -0.05) is 75.8 Å². The largest absolute Gasteiger partial charge is 0.440 e. The number of alkyl halides is 3. The molecule has 1 unspecified atom stereocenters. The number of rotatable bonds is 4. The van der Waals surface area contributed by atoms with Crippen LogP contribution in [0, 0.1) is 10.1 Å². The fraction of sp³-hybridized carbons (Fsp3) is 0.188. The van der Waals surface area contributed by atoms with Crippen molar-refractivity contribution in [1.29, 1.82) is 0 Å². The first-order chi connectivity index (χ1) is 12.2. The van der Waals surface area contributed by atoms with Crippen molar-refractivity contribution in [3.8, 4) is 0 Å². The molecule has 6 nitrogen and oxygen atoms in total. The van der Waals surface area contributed by atoms with E-state index in [9.17, 15) is 14.9 Å². The van der Waals surface area contributed by atoms with Gasteiger partial charge >= 0.3 is 6.09 Å². The van der Waals surface area contributed by atoms with Gasteiger partial charge in [-0.15, -0.1) is 4.36 Å². The van der Waals surface area contributed by atoms with Gasteiger partial charge in [0, 0.05) is 17.0 Å². The van der Waals surface area contributed by atoms with Gasteiger partial charge in [-0.25, -0.2) is 4.79 Å². The number of carbonyl (C=O) groups excluding carboxylic acids is 1. The average molecular weight is 436 g/mol. The fourth-order valence-electron chi connectivity index (χ4n) is 2.00. The molecule has 0 aromatic heterocycles. The number of non-ortho nitro benzene ring substituents is 1. The standard InChI is InChI=1S/C16H13Cl3N2O4S/c1-26(13-9-7-12(8-10-13)21(23)24)20-15(22)25-14(16(17,18)19)11-5-3-2-4-6-11/h2-10,14H,1H3/t14-,26?/m0/s1.